The second-order valence-electron chi connectivity index (χ2n) is 2.74. The van der Waals surface area contributed by atoms with Gasteiger partial charge in [0.05, 0.1) is 6.61 Å². The van der Waals surface area contributed by atoms with Crippen LogP contribution in [0.2, 0.25) is 0 Å². The molecule has 6 heteroatoms. The first kappa shape index (κ1) is 11.5. The minimum absolute atomic E-state index is 0.773. The molecule has 0 atom stereocenters. The predicted octanol–water partition coefficient (Wildman–Crippen LogP) is 0.523. The summed E-state index contributed by atoms with van der Waals surface area (Å²) in [5.41, 5.74) is 0. The quantitative estimate of drug-likeness (QED) is 0.490. The van der Waals surface area contributed by atoms with Crippen molar-refractivity contribution in [1.82, 2.24) is 20.5 Å². The number of H-pyrrole nitrogens is 1. The van der Waals surface area contributed by atoms with Crippen LogP contribution >= 0.6 is 11.8 Å². The Hall–Kier alpha value is -0.590. The lowest BCUT2D eigenvalue weighted by Crippen LogP contribution is -2.20. The Morgan fingerprint density at radius 3 is 3.21 bits per heavy atom. The van der Waals surface area contributed by atoms with Crippen molar-refractivity contribution in [2.75, 3.05) is 32.6 Å². The van der Waals surface area contributed by atoms with Crippen LogP contribution < -0.4 is 5.32 Å². The van der Waals surface area contributed by atoms with E-state index in [1.807, 2.05) is 0 Å². The molecule has 0 aliphatic carbocycles. The Morgan fingerprint density at radius 2 is 2.50 bits per heavy atom. The molecule has 5 nitrogen and oxygen atoms in total. The maximum absolute atomic E-state index is 4.92. The first-order chi connectivity index (χ1) is 6.93. The van der Waals surface area contributed by atoms with E-state index < -0.39 is 0 Å². The predicted molar refractivity (Wildman–Crippen MR) is 56.5 cm³/mol. The van der Waals surface area contributed by atoms with Crippen LogP contribution in [0.25, 0.3) is 0 Å². The van der Waals surface area contributed by atoms with Gasteiger partial charge in [0.25, 0.3) is 0 Å². The van der Waals surface area contributed by atoms with Crippen LogP contribution in [0.5, 0.6) is 0 Å². The zero-order valence-corrected chi connectivity index (χ0v) is 9.14. The summed E-state index contributed by atoms with van der Waals surface area (Å²) in [7, 11) is 1.71. The number of thioether (sulfide) groups is 1. The van der Waals surface area contributed by atoms with E-state index in [2.05, 4.69) is 20.5 Å². The molecule has 1 aromatic rings. The fourth-order valence-electron chi connectivity index (χ4n) is 0.929. The molecule has 0 unspecified atom stereocenters. The van der Waals surface area contributed by atoms with Gasteiger partial charge in [-0.25, -0.2) is 4.98 Å². The van der Waals surface area contributed by atoms with E-state index in [9.17, 15) is 0 Å². The van der Waals surface area contributed by atoms with Gasteiger partial charge in [-0.2, -0.15) is 5.10 Å². The molecule has 80 valence electrons. The summed E-state index contributed by atoms with van der Waals surface area (Å²) < 4.78 is 4.92. The van der Waals surface area contributed by atoms with Gasteiger partial charge < -0.3 is 10.1 Å². The second-order valence-corrected chi connectivity index (χ2v) is 3.82. The molecule has 0 fully saturated rings. The Morgan fingerprint density at radius 1 is 1.57 bits per heavy atom. The summed E-state index contributed by atoms with van der Waals surface area (Å²) in [6.07, 6.45) is 2.65. The van der Waals surface area contributed by atoms with Gasteiger partial charge >= 0.3 is 0 Å². The number of methoxy groups -OCH3 is 1. The Bertz CT molecular complexity index is 217. The lowest BCUT2D eigenvalue weighted by molar-refractivity contribution is 0.199. The molecule has 0 saturated heterocycles. The van der Waals surface area contributed by atoms with E-state index in [0.29, 0.717) is 0 Å². The van der Waals surface area contributed by atoms with Crippen LogP contribution in [0.3, 0.4) is 0 Å². The van der Waals surface area contributed by atoms with Crippen molar-refractivity contribution in [3.8, 4) is 0 Å². The third-order valence-electron chi connectivity index (χ3n) is 1.61. The van der Waals surface area contributed by atoms with Gasteiger partial charge in [0.15, 0.2) is 5.16 Å². The lowest BCUT2D eigenvalue weighted by Gasteiger charge is -2.02. The minimum atomic E-state index is 0.773. The van der Waals surface area contributed by atoms with Gasteiger partial charge in [-0.05, 0) is 13.0 Å². The van der Waals surface area contributed by atoms with Crippen molar-refractivity contribution in [2.45, 2.75) is 11.6 Å². The smallest absolute Gasteiger partial charge is 0.183 e. The molecule has 2 N–H and O–H groups in total. The maximum atomic E-state index is 4.92. The number of aromatic nitrogens is 3. The van der Waals surface area contributed by atoms with Gasteiger partial charge in [0.1, 0.15) is 6.33 Å². The number of hydrogen-bond donors (Lipinski definition) is 2. The second kappa shape index (κ2) is 7.78. The molecule has 0 aliphatic heterocycles. The SMILES string of the molecule is COCCNCCCSc1ncn[nH]1. The van der Waals surface area contributed by atoms with E-state index in [1.165, 1.54) is 6.33 Å². The average molecular weight is 216 g/mol. The van der Waals surface area contributed by atoms with Crippen LogP contribution in [0.15, 0.2) is 11.5 Å². The molecule has 0 spiro atoms. The van der Waals surface area contributed by atoms with E-state index in [0.717, 1.165) is 37.0 Å². The van der Waals surface area contributed by atoms with E-state index in [1.54, 1.807) is 18.9 Å². The molecule has 1 rings (SSSR count). The lowest BCUT2D eigenvalue weighted by atomic mass is 10.5. The molecule has 14 heavy (non-hydrogen) atoms. The van der Waals surface area contributed by atoms with Crippen LogP contribution in [0, 0.1) is 0 Å². The number of aromatic amines is 1. The molecular formula is C8H16N4OS. The van der Waals surface area contributed by atoms with Gasteiger partial charge in [-0.1, -0.05) is 11.8 Å². The van der Waals surface area contributed by atoms with Crippen LogP contribution in [-0.2, 0) is 4.74 Å². The summed E-state index contributed by atoms with van der Waals surface area (Å²) in [6, 6.07) is 0. The number of nitrogens with zero attached hydrogens (tertiary/aromatic N) is 2. The van der Waals surface area contributed by atoms with Crippen LogP contribution in [0.1, 0.15) is 6.42 Å². The molecule has 0 saturated carbocycles. The summed E-state index contributed by atoms with van der Waals surface area (Å²) in [6.45, 7) is 2.71. The minimum Gasteiger partial charge on any atom is -0.383 e. The van der Waals surface area contributed by atoms with Crippen LogP contribution in [0.4, 0.5) is 0 Å². The summed E-state index contributed by atoms with van der Waals surface area (Å²) >= 11 is 1.69. The van der Waals surface area contributed by atoms with Crippen LogP contribution in [-0.4, -0.2) is 47.7 Å². The highest BCUT2D eigenvalue weighted by atomic mass is 32.2. The molecule has 0 radical (unpaired) electrons. The molecule has 1 heterocycles. The van der Waals surface area contributed by atoms with Crippen molar-refractivity contribution < 1.29 is 4.74 Å². The first-order valence-electron chi connectivity index (χ1n) is 4.61. The number of nitrogens with one attached hydrogen (secondary N) is 2. The third-order valence-corrected chi connectivity index (χ3v) is 2.58. The Kier molecular flexibility index (Phi) is 6.38. The van der Waals surface area contributed by atoms with Crippen molar-refractivity contribution in [3.63, 3.8) is 0 Å². The van der Waals surface area contributed by atoms with Crippen molar-refractivity contribution in [3.05, 3.63) is 6.33 Å². The third kappa shape index (κ3) is 5.21. The monoisotopic (exact) mass is 216 g/mol. The molecule has 0 bridgehead atoms. The molecule has 0 amide bonds. The van der Waals surface area contributed by atoms with Gasteiger partial charge in [-0.15, -0.1) is 0 Å². The van der Waals surface area contributed by atoms with Gasteiger partial charge in [0.2, 0.25) is 0 Å². The summed E-state index contributed by atoms with van der Waals surface area (Å²) in [5.74, 6) is 1.05. The topological polar surface area (TPSA) is 62.8 Å². The number of rotatable bonds is 8. The first-order valence-corrected chi connectivity index (χ1v) is 5.60. The highest BCUT2D eigenvalue weighted by Crippen LogP contribution is 2.10. The summed E-state index contributed by atoms with van der Waals surface area (Å²) in [5, 5.41) is 10.8. The highest BCUT2D eigenvalue weighted by molar-refractivity contribution is 7.99. The normalized spacial score (nSPS) is 10.6. The molecule has 1 aromatic heterocycles. The Balaban J connectivity index is 1.85. The largest absolute Gasteiger partial charge is 0.383 e. The fraction of sp³-hybridized carbons (Fsp3) is 0.750. The van der Waals surface area contributed by atoms with Gasteiger partial charge in [-0.3, -0.25) is 5.10 Å². The molecule has 0 aliphatic rings. The van der Waals surface area contributed by atoms with E-state index in [4.69, 9.17) is 4.74 Å². The number of hydrogen-bond acceptors (Lipinski definition) is 5. The van der Waals surface area contributed by atoms with Crippen molar-refractivity contribution in [1.29, 1.82) is 0 Å². The van der Waals surface area contributed by atoms with Crippen molar-refractivity contribution in [2.24, 2.45) is 0 Å². The van der Waals surface area contributed by atoms with Crippen molar-refractivity contribution >= 4 is 11.8 Å². The molecular weight excluding hydrogens is 200 g/mol. The van der Waals surface area contributed by atoms with E-state index in [-0.39, 0.29) is 0 Å². The number of ether oxygens (including phenoxy) is 1. The average Bonchev–Trinajstić information content (AvgIpc) is 2.69. The zero-order valence-electron chi connectivity index (χ0n) is 8.32. The standard InChI is InChI=1S/C8H16N4OS/c1-13-5-4-9-3-2-6-14-8-10-7-11-12-8/h7,9H,2-6H2,1H3,(H,10,11,12). The van der Waals surface area contributed by atoms with E-state index >= 15 is 0 Å². The maximum Gasteiger partial charge on any atom is 0.183 e. The fourth-order valence-corrected chi connectivity index (χ4v) is 1.65. The Labute approximate surface area is 88.0 Å². The highest BCUT2D eigenvalue weighted by Gasteiger charge is 1.95. The summed E-state index contributed by atoms with van der Waals surface area (Å²) in [4.78, 5) is 4.02. The molecule has 0 aromatic carbocycles. The zero-order chi connectivity index (χ0) is 10.1. The van der Waals surface area contributed by atoms with Gasteiger partial charge in [0, 0.05) is 19.4 Å².